The van der Waals surface area contributed by atoms with Gasteiger partial charge in [-0.15, -0.1) is 0 Å². The van der Waals surface area contributed by atoms with Crippen LogP contribution in [0.15, 0.2) is 53.5 Å². The van der Waals surface area contributed by atoms with Crippen molar-refractivity contribution in [1.29, 1.82) is 0 Å². The van der Waals surface area contributed by atoms with Crippen LogP contribution in [0.25, 0.3) is 11.0 Å². The number of rotatable bonds is 1. The third-order valence-corrected chi connectivity index (χ3v) is 4.81. The number of para-hydroxylation sites is 2. The van der Waals surface area contributed by atoms with E-state index < -0.39 is 0 Å². The molecule has 22 heavy (non-hydrogen) atoms. The number of aromatic nitrogens is 2. The molecule has 0 bridgehead atoms. The first-order chi connectivity index (χ1) is 10.8. The van der Waals surface area contributed by atoms with E-state index in [1.165, 1.54) is 5.56 Å². The van der Waals surface area contributed by atoms with Gasteiger partial charge in [0.2, 0.25) is 0 Å². The number of halogens is 1. The van der Waals surface area contributed by atoms with E-state index >= 15 is 0 Å². The molecular formula is C17H14ClN3S. The van der Waals surface area contributed by atoms with Gasteiger partial charge < -0.3 is 0 Å². The largest absolute Gasteiger partial charge is 0.275 e. The normalized spacial score (nSPS) is 17.4. The summed E-state index contributed by atoms with van der Waals surface area (Å²) in [5.41, 5.74) is 3.32. The van der Waals surface area contributed by atoms with Gasteiger partial charge in [0.05, 0.1) is 17.1 Å². The van der Waals surface area contributed by atoms with E-state index in [-0.39, 0.29) is 6.04 Å². The Bertz CT molecular complexity index is 867. The second kappa shape index (κ2) is 5.45. The molecule has 0 saturated carbocycles. The van der Waals surface area contributed by atoms with Crippen molar-refractivity contribution < 1.29 is 0 Å². The molecule has 1 aromatic heterocycles. The number of aliphatic imine (C=N–C) groups is 1. The van der Waals surface area contributed by atoms with E-state index in [1.807, 2.05) is 36.4 Å². The monoisotopic (exact) mass is 327 g/mol. The quantitative estimate of drug-likeness (QED) is 0.656. The lowest BCUT2D eigenvalue weighted by molar-refractivity contribution is 0.664. The Balaban J connectivity index is 1.83. The molecule has 1 aliphatic heterocycles. The minimum absolute atomic E-state index is 0.101. The van der Waals surface area contributed by atoms with Gasteiger partial charge >= 0.3 is 0 Å². The smallest absolute Gasteiger partial charge is 0.169 e. The van der Waals surface area contributed by atoms with E-state index in [4.69, 9.17) is 21.6 Å². The third-order valence-electron chi connectivity index (χ3n) is 3.90. The van der Waals surface area contributed by atoms with Crippen LogP contribution in [0.1, 0.15) is 17.4 Å². The Morgan fingerprint density at radius 1 is 1.14 bits per heavy atom. The highest BCUT2D eigenvalue weighted by Gasteiger charge is 2.25. The lowest BCUT2D eigenvalue weighted by Gasteiger charge is -2.22. The average Bonchev–Trinajstić information content (AvgIpc) is 2.93. The summed E-state index contributed by atoms with van der Waals surface area (Å²) in [6, 6.07) is 16.2. The van der Waals surface area contributed by atoms with Gasteiger partial charge in [0.1, 0.15) is 5.82 Å². The molecule has 2 heterocycles. The standard InChI is InChI=1S/C17H14ClN3S/c1-22-17-20-14(11-6-8-12(18)9-7-11)10-16-19-13-4-2-3-5-15(13)21(16)17/h2-9,14H,10H2,1H3. The van der Waals surface area contributed by atoms with Crippen molar-refractivity contribution in [2.45, 2.75) is 12.5 Å². The highest BCUT2D eigenvalue weighted by Crippen LogP contribution is 2.31. The van der Waals surface area contributed by atoms with Gasteiger partial charge in [-0.3, -0.25) is 9.56 Å². The van der Waals surface area contributed by atoms with Crippen molar-refractivity contribution in [3.8, 4) is 0 Å². The van der Waals surface area contributed by atoms with Gasteiger partial charge in [-0.05, 0) is 36.1 Å². The van der Waals surface area contributed by atoms with E-state index in [2.05, 4.69) is 23.0 Å². The molecular weight excluding hydrogens is 314 g/mol. The molecule has 3 aromatic rings. The maximum absolute atomic E-state index is 5.98. The van der Waals surface area contributed by atoms with Crippen molar-refractivity contribution in [1.82, 2.24) is 9.55 Å². The Kier molecular flexibility index (Phi) is 3.43. The zero-order valence-corrected chi connectivity index (χ0v) is 13.6. The number of imidazole rings is 1. The molecule has 1 unspecified atom stereocenters. The maximum atomic E-state index is 5.98. The Labute approximate surface area is 138 Å². The minimum Gasteiger partial charge on any atom is -0.275 e. The molecule has 4 rings (SSSR count). The topological polar surface area (TPSA) is 30.2 Å². The predicted octanol–water partition coefficient (Wildman–Crippen LogP) is 4.55. The van der Waals surface area contributed by atoms with Crippen molar-refractivity contribution in [3.05, 3.63) is 64.9 Å². The van der Waals surface area contributed by atoms with Crippen LogP contribution >= 0.6 is 23.4 Å². The van der Waals surface area contributed by atoms with Crippen LogP contribution in [0.4, 0.5) is 0 Å². The summed E-state index contributed by atoms with van der Waals surface area (Å²) in [7, 11) is 0. The number of thioether (sulfide) groups is 1. The number of nitrogens with zero attached hydrogens (tertiary/aromatic N) is 3. The molecule has 0 spiro atoms. The molecule has 0 aliphatic carbocycles. The molecule has 0 radical (unpaired) electrons. The number of fused-ring (bicyclic) bond motifs is 3. The fourth-order valence-electron chi connectivity index (χ4n) is 2.86. The molecule has 3 nitrogen and oxygen atoms in total. The molecule has 2 aromatic carbocycles. The molecule has 1 aliphatic rings. The summed E-state index contributed by atoms with van der Waals surface area (Å²) in [6.45, 7) is 0. The fraction of sp³-hybridized carbons (Fsp3) is 0.176. The summed E-state index contributed by atoms with van der Waals surface area (Å²) in [5, 5.41) is 1.75. The second-order valence-electron chi connectivity index (χ2n) is 5.24. The van der Waals surface area contributed by atoms with Crippen LogP contribution in [0.5, 0.6) is 0 Å². The highest BCUT2D eigenvalue weighted by atomic mass is 35.5. The SMILES string of the molecule is CSC1=NC(c2ccc(Cl)cc2)Cc2nc3ccccc3n21. The van der Waals surface area contributed by atoms with Crippen LogP contribution in [0, 0.1) is 0 Å². The van der Waals surface area contributed by atoms with E-state index in [9.17, 15) is 0 Å². The fourth-order valence-corrected chi connectivity index (χ4v) is 3.60. The summed E-state index contributed by atoms with van der Waals surface area (Å²) in [5.74, 6) is 1.07. The first-order valence-electron chi connectivity index (χ1n) is 7.10. The molecule has 110 valence electrons. The predicted molar refractivity (Wildman–Crippen MR) is 94.0 cm³/mol. The first-order valence-corrected chi connectivity index (χ1v) is 8.70. The van der Waals surface area contributed by atoms with Crippen LogP contribution in [-0.2, 0) is 6.42 Å². The lowest BCUT2D eigenvalue weighted by Crippen LogP contribution is -2.20. The Hall–Kier alpha value is -1.78. The Morgan fingerprint density at radius 3 is 2.68 bits per heavy atom. The van der Waals surface area contributed by atoms with Crippen molar-refractivity contribution >= 4 is 39.6 Å². The maximum Gasteiger partial charge on any atom is 0.169 e. The lowest BCUT2D eigenvalue weighted by atomic mass is 10.0. The van der Waals surface area contributed by atoms with E-state index in [0.717, 1.165) is 33.5 Å². The minimum atomic E-state index is 0.101. The van der Waals surface area contributed by atoms with Gasteiger partial charge in [-0.1, -0.05) is 47.6 Å². The van der Waals surface area contributed by atoms with Gasteiger partial charge in [0.25, 0.3) is 0 Å². The number of hydrogen-bond acceptors (Lipinski definition) is 3. The summed E-state index contributed by atoms with van der Waals surface area (Å²) in [4.78, 5) is 9.71. The van der Waals surface area contributed by atoms with Crippen molar-refractivity contribution in [3.63, 3.8) is 0 Å². The summed E-state index contributed by atoms with van der Waals surface area (Å²) >= 11 is 7.64. The molecule has 0 fully saturated rings. The van der Waals surface area contributed by atoms with E-state index in [1.54, 1.807) is 11.8 Å². The molecule has 0 amide bonds. The van der Waals surface area contributed by atoms with Crippen LogP contribution < -0.4 is 0 Å². The van der Waals surface area contributed by atoms with Gasteiger partial charge in [0.15, 0.2) is 5.17 Å². The zero-order valence-electron chi connectivity index (χ0n) is 12.0. The molecule has 1 atom stereocenters. The molecule has 0 saturated heterocycles. The summed E-state index contributed by atoms with van der Waals surface area (Å²) < 4.78 is 2.17. The van der Waals surface area contributed by atoms with Crippen molar-refractivity contribution in [2.24, 2.45) is 4.99 Å². The first kappa shape index (κ1) is 13.9. The number of benzene rings is 2. The van der Waals surface area contributed by atoms with Crippen LogP contribution in [-0.4, -0.2) is 21.0 Å². The molecule has 0 N–H and O–H groups in total. The van der Waals surface area contributed by atoms with Gasteiger partial charge in [-0.2, -0.15) is 0 Å². The van der Waals surface area contributed by atoms with E-state index in [0.29, 0.717) is 0 Å². The van der Waals surface area contributed by atoms with Crippen molar-refractivity contribution in [2.75, 3.05) is 6.26 Å². The number of hydrogen-bond donors (Lipinski definition) is 0. The third kappa shape index (κ3) is 2.23. The van der Waals surface area contributed by atoms with Gasteiger partial charge in [0, 0.05) is 11.4 Å². The summed E-state index contributed by atoms with van der Waals surface area (Å²) in [6.07, 6.45) is 2.86. The van der Waals surface area contributed by atoms with Crippen LogP contribution in [0.2, 0.25) is 5.02 Å². The zero-order chi connectivity index (χ0) is 15.1. The second-order valence-corrected chi connectivity index (χ2v) is 6.45. The average molecular weight is 328 g/mol. The van der Waals surface area contributed by atoms with Crippen LogP contribution in [0.3, 0.4) is 0 Å². The van der Waals surface area contributed by atoms with Gasteiger partial charge in [-0.25, -0.2) is 4.98 Å². The molecule has 5 heteroatoms. The Morgan fingerprint density at radius 2 is 1.91 bits per heavy atom. The highest BCUT2D eigenvalue weighted by molar-refractivity contribution is 8.13.